The van der Waals surface area contributed by atoms with Crippen LogP contribution in [0.15, 0.2) is 23.3 Å². The van der Waals surface area contributed by atoms with Gasteiger partial charge in [-0.25, -0.2) is 4.99 Å². The molecule has 0 radical (unpaired) electrons. The molecule has 2 aliphatic rings. The Kier molecular flexibility index (Phi) is 1.42. The van der Waals surface area contributed by atoms with Gasteiger partial charge in [0.1, 0.15) is 6.54 Å². The van der Waals surface area contributed by atoms with Gasteiger partial charge < -0.3 is 0 Å². The van der Waals surface area contributed by atoms with Gasteiger partial charge >= 0.3 is 0 Å². The van der Waals surface area contributed by atoms with Gasteiger partial charge in [0.25, 0.3) is 0 Å². The van der Waals surface area contributed by atoms with Crippen molar-refractivity contribution < 1.29 is 4.99 Å². The molecule has 0 fully saturated rings. The van der Waals surface area contributed by atoms with E-state index in [1.807, 2.05) is 0 Å². The zero-order valence-corrected chi connectivity index (χ0v) is 6.06. The van der Waals surface area contributed by atoms with E-state index in [1.54, 1.807) is 5.57 Å². The topological polar surface area (TPSA) is 14.0 Å². The average Bonchev–Trinajstić information content (AvgIpc) is 2.05. The molecule has 1 N–H and O–H groups in total. The average molecular weight is 134 g/mol. The highest BCUT2D eigenvalue weighted by atomic mass is 14.7. The van der Waals surface area contributed by atoms with Gasteiger partial charge in [0, 0.05) is 12.0 Å². The fraction of sp³-hybridized carbons (Fsp3) is 0.444. The van der Waals surface area contributed by atoms with Crippen molar-refractivity contribution in [1.82, 2.24) is 0 Å². The third-order valence-electron chi connectivity index (χ3n) is 2.15. The lowest BCUT2D eigenvalue weighted by atomic mass is 9.94. The molecule has 0 spiro atoms. The summed E-state index contributed by atoms with van der Waals surface area (Å²) in [5.74, 6) is 0. The Morgan fingerprint density at radius 1 is 1.30 bits per heavy atom. The number of hydrogen-bond acceptors (Lipinski definition) is 0. The zero-order valence-electron chi connectivity index (χ0n) is 6.06. The third-order valence-corrected chi connectivity index (χ3v) is 2.15. The molecule has 2 rings (SSSR count). The predicted octanol–water partition coefficient (Wildman–Crippen LogP) is 0.188. The van der Waals surface area contributed by atoms with E-state index in [0.29, 0.717) is 0 Å². The summed E-state index contributed by atoms with van der Waals surface area (Å²) in [4.78, 5) is 3.25. The Hall–Kier alpha value is -0.850. The Labute approximate surface area is 61.2 Å². The van der Waals surface area contributed by atoms with Gasteiger partial charge in [-0.2, -0.15) is 0 Å². The Morgan fingerprint density at radius 2 is 2.30 bits per heavy atom. The van der Waals surface area contributed by atoms with Crippen LogP contribution in [0.25, 0.3) is 0 Å². The molecule has 1 aliphatic heterocycles. The standard InChI is InChI=1S/C9H11N/c1-2-4-9-7-10-6-5-8(9)3-1/h2,4,7H,1,3,5-6H2/p+1. The van der Waals surface area contributed by atoms with Gasteiger partial charge in [-0.1, -0.05) is 17.7 Å². The lowest BCUT2D eigenvalue weighted by molar-refractivity contribution is -0.452. The van der Waals surface area contributed by atoms with Crippen LogP contribution >= 0.6 is 0 Å². The van der Waals surface area contributed by atoms with E-state index >= 15 is 0 Å². The summed E-state index contributed by atoms with van der Waals surface area (Å²) in [5.41, 5.74) is 3.07. The van der Waals surface area contributed by atoms with Crippen LogP contribution in [-0.4, -0.2) is 12.8 Å². The minimum atomic E-state index is 1.13. The molecule has 0 aromatic carbocycles. The third kappa shape index (κ3) is 0.919. The highest BCUT2D eigenvalue weighted by Crippen LogP contribution is 2.20. The molecule has 0 amide bonds. The second-order valence-corrected chi connectivity index (χ2v) is 2.85. The molecule has 0 bridgehead atoms. The second-order valence-electron chi connectivity index (χ2n) is 2.85. The summed E-state index contributed by atoms with van der Waals surface area (Å²) in [7, 11) is 0. The fourth-order valence-electron chi connectivity index (χ4n) is 1.55. The monoisotopic (exact) mass is 134 g/mol. The van der Waals surface area contributed by atoms with E-state index in [1.165, 1.54) is 24.8 Å². The maximum atomic E-state index is 3.25. The highest BCUT2D eigenvalue weighted by Gasteiger charge is 2.12. The molecule has 1 heterocycles. The van der Waals surface area contributed by atoms with Crippen LogP contribution < -0.4 is 4.99 Å². The molecule has 52 valence electrons. The largest absolute Gasteiger partial charge is 0.247 e. The number of hydrogen-bond donors (Lipinski definition) is 1. The molecule has 1 nitrogen and oxygen atoms in total. The van der Waals surface area contributed by atoms with Crippen LogP contribution in [-0.2, 0) is 0 Å². The van der Waals surface area contributed by atoms with Crippen LogP contribution in [0, 0.1) is 0 Å². The summed E-state index contributed by atoms with van der Waals surface area (Å²) in [6.07, 6.45) is 10.4. The first-order valence-corrected chi connectivity index (χ1v) is 3.92. The van der Waals surface area contributed by atoms with Crippen molar-refractivity contribution in [1.29, 1.82) is 0 Å². The van der Waals surface area contributed by atoms with E-state index in [4.69, 9.17) is 0 Å². The highest BCUT2D eigenvalue weighted by molar-refractivity contribution is 5.80. The Bertz CT molecular complexity index is 199. The van der Waals surface area contributed by atoms with Crippen molar-refractivity contribution >= 4 is 6.21 Å². The molecule has 0 unspecified atom stereocenters. The van der Waals surface area contributed by atoms with Gasteiger partial charge in [0.05, 0.1) is 0 Å². The van der Waals surface area contributed by atoms with Crippen molar-refractivity contribution in [2.45, 2.75) is 19.3 Å². The van der Waals surface area contributed by atoms with Gasteiger partial charge in [-0.15, -0.1) is 0 Å². The summed E-state index contributed by atoms with van der Waals surface area (Å²) >= 11 is 0. The molecule has 0 aromatic heterocycles. The minimum absolute atomic E-state index is 1.13. The van der Waals surface area contributed by atoms with E-state index in [-0.39, 0.29) is 0 Å². The maximum Gasteiger partial charge on any atom is 0.168 e. The number of rotatable bonds is 0. The van der Waals surface area contributed by atoms with Crippen LogP contribution in [0.2, 0.25) is 0 Å². The van der Waals surface area contributed by atoms with Crippen molar-refractivity contribution in [3.63, 3.8) is 0 Å². The van der Waals surface area contributed by atoms with Gasteiger partial charge in [-0.3, -0.25) is 0 Å². The van der Waals surface area contributed by atoms with E-state index in [2.05, 4.69) is 23.4 Å². The molecule has 1 heteroatoms. The normalized spacial score (nSPS) is 23.2. The van der Waals surface area contributed by atoms with Crippen LogP contribution in [0.1, 0.15) is 19.3 Å². The molecule has 1 aliphatic carbocycles. The Balaban J connectivity index is 2.32. The summed E-state index contributed by atoms with van der Waals surface area (Å²) in [5, 5.41) is 0. The van der Waals surface area contributed by atoms with Crippen LogP contribution in [0.3, 0.4) is 0 Å². The molecule has 0 aromatic rings. The smallest absolute Gasteiger partial charge is 0.168 e. The maximum absolute atomic E-state index is 3.25. The van der Waals surface area contributed by atoms with Crippen molar-refractivity contribution in [2.24, 2.45) is 0 Å². The van der Waals surface area contributed by atoms with Crippen molar-refractivity contribution in [3.05, 3.63) is 23.3 Å². The lowest BCUT2D eigenvalue weighted by Gasteiger charge is -2.12. The van der Waals surface area contributed by atoms with Crippen LogP contribution in [0.4, 0.5) is 0 Å². The van der Waals surface area contributed by atoms with Crippen LogP contribution in [0.5, 0.6) is 0 Å². The van der Waals surface area contributed by atoms with Crippen molar-refractivity contribution in [2.75, 3.05) is 6.54 Å². The Morgan fingerprint density at radius 3 is 3.20 bits per heavy atom. The molecule has 10 heavy (non-hydrogen) atoms. The molecular weight excluding hydrogens is 122 g/mol. The second kappa shape index (κ2) is 2.41. The number of allylic oxidation sites excluding steroid dienone is 3. The fourth-order valence-corrected chi connectivity index (χ4v) is 1.55. The van der Waals surface area contributed by atoms with E-state index in [0.717, 1.165) is 6.54 Å². The molecular formula is C9H12N+. The van der Waals surface area contributed by atoms with Gasteiger partial charge in [-0.05, 0) is 12.8 Å². The summed E-state index contributed by atoms with van der Waals surface area (Å²) in [6, 6.07) is 0. The van der Waals surface area contributed by atoms with Crippen molar-refractivity contribution in [3.8, 4) is 0 Å². The minimum Gasteiger partial charge on any atom is -0.247 e. The first-order valence-electron chi connectivity index (χ1n) is 3.92. The first kappa shape index (κ1) is 5.90. The summed E-state index contributed by atoms with van der Waals surface area (Å²) in [6.45, 7) is 1.13. The predicted molar refractivity (Wildman–Crippen MR) is 41.9 cm³/mol. The SMILES string of the molecule is C1=CC2=C(CC1)CC[NH+]=C2. The first-order chi connectivity index (χ1) is 4.97. The summed E-state index contributed by atoms with van der Waals surface area (Å²) < 4.78 is 0. The van der Waals surface area contributed by atoms with Gasteiger partial charge in [0.2, 0.25) is 0 Å². The number of nitrogens with one attached hydrogen (secondary N) is 1. The van der Waals surface area contributed by atoms with Gasteiger partial charge in [0.15, 0.2) is 6.21 Å². The van der Waals surface area contributed by atoms with E-state index in [9.17, 15) is 0 Å². The molecule has 0 saturated heterocycles. The van der Waals surface area contributed by atoms with E-state index < -0.39 is 0 Å². The molecule has 0 atom stereocenters. The quantitative estimate of drug-likeness (QED) is 0.486. The zero-order chi connectivity index (χ0) is 6.81. The lowest BCUT2D eigenvalue weighted by Crippen LogP contribution is -2.70. The molecule has 0 saturated carbocycles.